The first-order valence-corrected chi connectivity index (χ1v) is 11.1. The Hall–Kier alpha value is -2.38. The van der Waals surface area contributed by atoms with Crippen molar-refractivity contribution < 1.29 is 13.2 Å². The van der Waals surface area contributed by atoms with E-state index in [2.05, 4.69) is 55.1 Å². The number of alkyl halides is 2. The van der Waals surface area contributed by atoms with Crippen LogP contribution < -0.4 is 10.4 Å². The lowest BCUT2D eigenvalue weighted by atomic mass is 10.2. The molecule has 0 radical (unpaired) electrons. The van der Waals surface area contributed by atoms with Gasteiger partial charge in [0, 0.05) is 7.05 Å². The van der Waals surface area contributed by atoms with Gasteiger partial charge in [-0.15, -0.1) is 0 Å². The van der Waals surface area contributed by atoms with Crippen LogP contribution in [0, 0.1) is 0 Å². The van der Waals surface area contributed by atoms with Crippen molar-refractivity contribution in [1.29, 1.82) is 0 Å². The van der Waals surface area contributed by atoms with Crippen LogP contribution in [0.4, 0.5) is 8.78 Å². The molecule has 7 heteroatoms. The van der Waals surface area contributed by atoms with Gasteiger partial charge in [0.2, 0.25) is 0 Å². The summed E-state index contributed by atoms with van der Waals surface area (Å²) in [5, 5.41) is 6.18. The molecule has 3 rings (SSSR count). The zero-order valence-corrected chi connectivity index (χ0v) is 17.6. The minimum absolute atomic E-state index is 0.0772. The zero-order valence-electron chi connectivity index (χ0n) is 16.6. The third kappa shape index (κ3) is 3.77. The third-order valence-electron chi connectivity index (χ3n) is 4.87. The zero-order chi connectivity index (χ0) is 20.4. The molecular formula is C21H25F2N3OSi. The van der Waals surface area contributed by atoms with E-state index in [-0.39, 0.29) is 23.3 Å². The van der Waals surface area contributed by atoms with Crippen LogP contribution in [-0.2, 0) is 18.1 Å². The Labute approximate surface area is 165 Å². The predicted molar refractivity (Wildman–Crippen MR) is 108 cm³/mol. The molecule has 28 heavy (non-hydrogen) atoms. The van der Waals surface area contributed by atoms with Gasteiger partial charge in [-0.2, -0.15) is 5.10 Å². The van der Waals surface area contributed by atoms with Crippen LogP contribution in [0.3, 0.4) is 0 Å². The predicted octanol–water partition coefficient (Wildman–Crippen LogP) is 3.83. The largest absolute Gasteiger partial charge is 0.400 e. The van der Waals surface area contributed by atoms with E-state index in [9.17, 15) is 8.78 Å². The fourth-order valence-corrected chi connectivity index (χ4v) is 8.14. The van der Waals surface area contributed by atoms with Crippen molar-refractivity contribution in [3.05, 3.63) is 72.3 Å². The highest BCUT2D eigenvalue weighted by molar-refractivity contribution is 6.99. The van der Waals surface area contributed by atoms with E-state index in [1.54, 1.807) is 0 Å². The van der Waals surface area contributed by atoms with Gasteiger partial charge in [-0.3, -0.25) is 0 Å². The molecule has 0 spiro atoms. The highest BCUT2D eigenvalue weighted by Gasteiger charge is 2.50. The molecule has 2 aromatic carbocycles. The number of aromatic nitrogens is 3. The molecule has 0 atom stereocenters. The lowest BCUT2D eigenvalue weighted by Crippen LogP contribution is -2.66. The maximum atomic E-state index is 13.1. The lowest BCUT2D eigenvalue weighted by molar-refractivity contribution is 0.135. The summed E-state index contributed by atoms with van der Waals surface area (Å²) in [6.07, 6.45) is -2.67. The Morgan fingerprint density at radius 3 is 1.86 bits per heavy atom. The summed E-state index contributed by atoms with van der Waals surface area (Å²) >= 11 is 0. The Morgan fingerprint density at radius 2 is 1.46 bits per heavy atom. The molecule has 0 fully saturated rings. The molecule has 1 heterocycles. The monoisotopic (exact) mass is 401 g/mol. The van der Waals surface area contributed by atoms with Crippen LogP contribution in [0.15, 0.2) is 60.7 Å². The number of hydrogen-bond donors (Lipinski definition) is 0. The number of benzene rings is 2. The van der Waals surface area contributed by atoms with E-state index >= 15 is 0 Å². The van der Waals surface area contributed by atoms with E-state index in [4.69, 9.17) is 4.43 Å². The van der Waals surface area contributed by atoms with Gasteiger partial charge in [0.1, 0.15) is 0 Å². The highest BCUT2D eigenvalue weighted by atomic mass is 28.4. The first-order chi connectivity index (χ1) is 13.3. The van der Waals surface area contributed by atoms with Crippen LogP contribution >= 0.6 is 0 Å². The number of hydrogen-bond acceptors (Lipinski definition) is 3. The molecule has 0 aliphatic carbocycles. The first-order valence-electron chi connectivity index (χ1n) is 9.18. The number of rotatable bonds is 6. The first kappa shape index (κ1) is 20.4. The topological polar surface area (TPSA) is 39.9 Å². The summed E-state index contributed by atoms with van der Waals surface area (Å²) in [6.45, 7) is 6.56. The van der Waals surface area contributed by atoms with Gasteiger partial charge in [-0.25, -0.2) is 18.4 Å². The van der Waals surface area contributed by atoms with E-state index in [1.807, 2.05) is 36.4 Å². The van der Waals surface area contributed by atoms with Gasteiger partial charge >= 0.3 is 0 Å². The molecule has 148 valence electrons. The van der Waals surface area contributed by atoms with Gasteiger partial charge < -0.3 is 4.43 Å². The second-order valence-electron chi connectivity index (χ2n) is 7.76. The van der Waals surface area contributed by atoms with Gasteiger partial charge in [0.05, 0.1) is 6.61 Å². The van der Waals surface area contributed by atoms with E-state index in [0.29, 0.717) is 0 Å². The van der Waals surface area contributed by atoms with E-state index in [0.717, 1.165) is 15.1 Å². The molecule has 0 aliphatic rings. The fourth-order valence-electron chi connectivity index (χ4n) is 3.64. The molecule has 0 saturated carbocycles. The van der Waals surface area contributed by atoms with Crippen molar-refractivity contribution in [3.63, 3.8) is 0 Å². The van der Waals surface area contributed by atoms with Crippen molar-refractivity contribution in [2.24, 2.45) is 7.05 Å². The van der Waals surface area contributed by atoms with Gasteiger partial charge in [0.15, 0.2) is 11.6 Å². The Balaban J connectivity index is 2.07. The molecule has 3 aromatic rings. The van der Waals surface area contributed by atoms with Crippen LogP contribution in [0.1, 0.15) is 38.8 Å². The Bertz CT molecular complexity index is 869. The summed E-state index contributed by atoms with van der Waals surface area (Å²) in [6, 6.07) is 20.3. The highest BCUT2D eigenvalue weighted by Crippen LogP contribution is 2.37. The second-order valence-corrected chi connectivity index (χ2v) is 12.1. The van der Waals surface area contributed by atoms with Crippen molar-refractivity contribution >= 4 is 18.7 Å². The maximum absolute atomic E-state index is 13.1. The van der Waals surface area contributed by atoms with Gasteiger partial charge in [-0.05, 0) is 15.4 Å². The molecule has 1 aromatic heterocycles. The van der Waals surface area contributed by atoms with Crippen molar-refractivity contribution in [1.82, 2.24) is 14.8 Å². The minimum atomic E-state index is -2.74. The molecule has 0 saturated heterocycles. The summed E-state index contributed by atoms with van der Waals surface area (Å²) in [5.74, 6) is -0.0770. The summed E-state index contributed by atoms with van der Waals surface area (Å²) in [7, 11) is -1.27. The number of aryl methyl sites for hydroxylation is 1. The molecule has 0 bridgehead atoms. The van der Waals surface area contributed by atoms with Crippen molar-refractivity contribution in [2.45, 2.75) is 38.8 Å². The van der Waals surface area contributed by atoms with Crippen LogP contribution in [-0.4, -0.2) is 23.1 Å². The average molecular weight is 402 g/mol. The normalized spacial score (nSPS) is 12.5. The van der Waals surface area contributed by atoms with Gasteiger partial charge in [0.25, 0.3) is 14.7 Å². The summed E-state index contributed by atoms with van der Waals surface area (Å²) in [4.78, 5) is 3.98. The number of halogens is 2. The standard InChI is InChI=1S/C21H25F2N3OSi/c1-21(2,3)28(16-11-7-5-8-12-16,17-13-9-6-10-14-17)27-15-18-24-20(19(22)23)26(4)25-18/h5-14,19H,15H2,1-4H3. The molecule has 0 aliphatic heterocycles. The Kier molecular flexibility index (Phi) is 5.76. The third-order valence-corrected chi connectivity index (χ3v) is 9.85. The fraction of sp³-hybridized carbons (Fsp3) is 0.333. The van der Waals surface area contributed by atoms with Gasteiger partial charge in [-0.1, -0.05) is 81.4 Å². The quantitative estimate of drug-likeness (QED) is 0.590. The maximum Gasteiger partial charge on any atom is 0.297 e. The smallest absolute Gasteiger partial charge is 0.297 e. The van der Waals surface area contributed by atoms with E-state index in [1.165, 1.54) is 7.05 Å². The van der Waals surface area contributed by atoms with E-state index < -0.39 is 14.7 Å². The Morgan fingerprint density at radius 1 is 0.964 bits per heavy atom. The van der Waals surface area contributed by atoms with Crippen LogP contribution in [0.2, 0.25) is 5.04 Å². The minimum Gasteiger partial charge on any atom is -0.400 e. The second kappa shape index (κ2) is 7.93. The lowest BCUT2D eigenvalue weighted by Gasteiger charge is -2.42. The molecule has 4 nitrogen and oxygen atoms in total. The summed E-state index contributed by atoms with van der Waals surface area (Å²) < 4.78 is 33.9. The van der Waals surface area contributed by atoms with Crippen molar-refractivity contribution in [2.75, 3.05) is 0 Å². The molecule has 0 N–H and O–H groups in total. The molecule has 0 unspecified atom stereocenters. The molecule has 0 amide bonds. The van der Waals surface area contributed by atoms with Crippen LogP contribution in [0.5, 0.6) is 0 Å². The van der Waals surface area contributed by atoms with Crippen LogP contribution in [0.25, 0.3) is 0 Å². The number of nitrogens with zero attached hydrogens (tertiary/aromatic N) is 3. The SMILES string of the molecule is Cn1nc(CO[Si](c2ccccc2)(c2ccccc2)C(C)(C)C)nc1C(F)F. The summed E-state index contributed by atoms with van der Waals surface area (Å²) in [5.41, 5.74) is 0. The average Bonchev–Trinajstić information content (AvgIpc) is 3.04. The van der Waals surface area contributed by atoms with Crippen molar-refractivity contribution in [3.8, 4) is 0 Å². The molecular weight excluding hydrogens is 376 g/mol.